The molecule has 0 spiro atoms. The minimum absolute atomic E-state index is 0.114. The average molecular weight is 264 g/mol. The van der Waals surface area contributed by atoms with Crippen LogP contribution < -0.4 is 5.32 Å². The third-order valence-electron chi connectivity index (χ3n) is 3.66. The van der Waals surface area contributed by atoms with Gasteiger partial charge in [0, 0.05) is 12.0 Å². The second-order valence-corrected chi connectivity index (χ2v) is 4.93. The number of nitrogens with one attached hydrogen (secondary N) is 1. The van der Waals surface area contributed by atoms with Crippen molar-refractivity contribution in [3.63, 3.8) is 0 Å². The molecule has 1 fully saturated rings. The van der Waals surface area contributed by atoms with E-state index in [1.54, 1.807) is 0 Å². The minimum Gasteiger partial charge on any atom is -0.505 e. The van der Waals surface area contributed by atoms with E-state index in [-0.39, 0.29) is 34.9 Å². The van der Waals surface area contributed by atoms with Crippen LogP contribution in [0, 0.1) is 22.0 Å². The highest BCUT2D eigenvalue weighted by atomic mass is 16.6. The second kappa shape index (κ2) is 5.26. The predicted octanol–water partition coefficient (Wildman–Crippen LogP) is 2.68. The number of amides is 1. The maximum atomic E-state index is 12.1. The normalized spacial score (nSPS) is 22.2. The summed E-state index contributed by atoms with van der Waals surface area (Å²) in [6.07, 6.45) is 2.76. The lowest BCUT2D eigenvalue weighted by Crippen LogP contribution is -2.25. The highest BCUT2D eigenvalue weighted by molar-refractivity contribution is 5.96. The molecular weight excluding hydrogens is 248 g/mol. The number of phenols is 1. The maximum Gasteiger partial charge on any atom is 0.296 e. The van der Waals surface area contributed by atoms with Gasteiger partial charge in [0.1, 0.15) is 5.75 Å². The van der Waals surface area contributed by atoms with E-state index in [4.69, 9.17) is 0 Å². The quantitative estimate of drug-likeness (QED) is 0.498. The number of nitro benzene ring substituents is 1. The molecule has 102 valence electrons. The van der Waals surface area contributed by atoms with Gasteiger partial charge in [0.2, 0.25) is 5.91 Å². The van der Waals surface area contributed by atoms with Crippen molar-refractivity contribution in [1.82, 2.24) is 0 Å². The lowest BCUT2D eigenvalue weighted by Gasteiger charge is -2.15. The van der Waals surface area contributed by atoms with Gasteiger partial charge >= 0.3 is 0 Å². The van der Waals surface area contributed by atoms with Gasteiger partial charge in [-0.25, -0.2) is 0 Å². The molecule has 1 aliphatic carbocycles. The summed E-state index contributed by atoms with van der Waals surface area (Å²) in [6, 6.07) is 3.95. The molecule has 1 saturated carbocycles. The number of para-hydroxylation sites is 1. The zero-order valence-corrected chi connectivity index (χ0v) is 10.6. The molecule has 6 heteroatoms. The SMILES string of the molecule is CC1CCCC1C(=O)Nc1c(O)cccc1[N+](=O)[O-]. The van der Waals surface area contributed by atoms with Crippen LogP contribution in [0.15, 0.2) is 18.2 Å². The van der Waals surface area contributed by atoms with Crippen molar-refractivity contribution in [2.24, 2.45) is 11.8 Å². The van der Waals surface area contributed by atoms with Crippen LogP contribution in [-0.2, 0) is 4.79 Å². The van der Waals surface area contributed by atoms with Gasteiger partial charge in [-0.3, -0.25) is 14.9 Å². The molecule has 0 bridgehead atoms. The first-order valence-electron chi connectivity index (χ1n) is 6.28. The molecule has 0 aromatic heterocycles. The Kier molecular flexibility index (Phi) is 3.69. The standard InChI is InChI=1S/C13H16N2O4/c1-8-4-2-5-9(8)13(17)14-12-10(15(18)19)6-3-7-11(12)16/h3,6-9,16H,2,4-5H2,1H3,(H,14,17). The number of carbonyl (C=O) groups is 1. The van der Waals surface area contributed by atoms with Crippen LogP contribution >= 0.6 is 0 Å². The zero-order valence-electron chi connectivity index (χ0n) is 10.6. The fourth-order valence-corrected chi connectivity index (χ4v) is 2.56. The van der Waals surface area contributed by atoms with Gasteiger partial charge in [-0.15, -0.1) is 0 Å². The van der Waals surface area contributed by atoms with Crippen LogP contribution in [0.25, 0.3) is 0 Å². The summed E-state index contributed by atoms with van der Waals surface area (Å²) in [5, 5.41) is 23.1. The fourth-order valence-electron chi connectivity index (χ4n) is 2.56. The highest BCUT2D eigenvalue weighted by Gasteiger charge is 2.31. The monoisotopic (exact) mass is 264 g/mol. The van der Waals surface area contributed by atoms with Gasteiger partial charge < -0.3 is 10.4 Å². The van der Waals surface area contributed by atoms with Crippen molar-refractivity contribution in [3.8, 4) is 5.75 Å². The van der Waals surface area contributed by atoms with Gasteiger partial charge in [-0.2, -0.15) is 0 Å². The van der Waals surface area contributed by atoms with Crippen LogP contribution in [0.4, 0.5) is 11.4 Å². The van der Waals surface area contributed by atoms with E-state index in [1.165, 1.54) is 18.2 Å². The number of benzene rings is 1. The Hall–Kier alpha value is -2.11. The van der Waals surface area contributed by atoms with E-state index in [0.717, 1.165) is 19.3 Å². The molecule has 0 aliphatic heterocycles. The Morgan fingerprint density at radius 3 is 2.79 bits per heavy atom. The first-order valence-corrected chi connectivity index (χ1v) is 6.28. The Labute approximate surface area is 110 Å². The molecular formula is C13H16N2O4. The van der Waals surface area contributed by atoms with Crippen molar-refractivity contribution >= 4 is 17.3 Å². The molecule has 1 aliphatic rings. The molecule has 6 nitrogen and oxygen atoms in total. The van der Waals surface area contributed by atoms with E-state index < -0.39 is 4.92 Å². The van der Waals surface area contributed by atoms with Gasteiger partial charge in [0.15, 0.2) is 5.69 Å². The molecule has 2 N–H and O–H groups in total. The van der Waals surface area contributed by atoms with Gasteiger partial charge in [-0.1, -0.05) is 19.4 Å². The van der Waals surface area contributed by atoms with Crippen LogP contribution in [0.3, 0.4) is 0 Å². The Bertz CT molecular complexity index is 515. The summed E-state index contributed by atoms with van der Waals surface area (Å²) < 4.78 is 0. The molecule has 1 aromatic rings. The average Bonchev–Trinajstić information content (AvgIpc) is 2.77. The summed E-state index contributed by atoms with van der Waals surface area (Å²) in [5.74, 6) is -0.410. The molecule has 2 atom stereocenters. The molecule has 2 rings (SSSR count). The zero-order chi connectivity index (χ0) is 14.0. The van der Waals surface area contributed by atoms with Crippen molar-refractivity contribution in [1.29, 1.82) is 0 Å². The summed E-state index contributed by atoms with van der Waals surface area (Å²) >= 11 is 0. The lowest BCUT2D eigenvalue weighted by atomic mass is 9.97. The van der Waals surface area contributed by atoms with Crippen LogP contribution in [0.1, 0.15) is 26.2 Å². The van der Waals surface area contributed by atoms with Gasteiger partial charge in [0.05, 0.1) is 4.92 Å². The largest absolute Gasteiger partial charge is 0.505 e. The first kappa shape index (κ1) is 13.3. The van der Waals surface area contributed by atoms with Crippen molar-refractivity contribution in [2.75, 3.05) is 5.32 Å². The van der Waals surface area contributed by atoms with E-state index in [2.05, 4.69) is 5.32 Å². The van der Waals surface area contributed by atoms with Crippen LogP contribution in [0.2, 0.25) is 0 Å². The van der Waals surface area contributed by atoms with E-state index in [1.807, 2.05) is 6.92 Å². The summed E-state index contributed by atoms with van der Waals surface area (Å²) in [6.45, 7) is 2.00. The number of anilines is 1. The second-order valence-electron chi connectivity index (χ2n) is 4.93. The summed E-state index contributed by atoms with van der Waals surface area (Å²) in [7, 11) is 0. The van der Waals surface area contributed by atoms with Gasteiger partial charge in [-0.05, 0) is 24.8 Å². The molecule has 0 saturated heterocycles. The predicted molar refractivity (Wildman–Crippen MR) is 69.9 cm³/mol. The summed E-state index contributed by atoms with van der Waals surface area (Å²) in [5.41, 5.74) is -0.407. The van der Waals surface area contributed by atoms with E-state index in [0.29, 0.717) is 0 Å². The molecule has 2 unspecified atom stereocenters. The number of nitrogens with zero attached hydrogens (tertiary/aromatic N) is 1. The maximum absolute atomic E-state index is 12.1. The first-order chi connectivity index (χ1) is 9.00. The number of hydrogen-bond donors (Lipinski definition) is 2. The van der Waals surface area contributed by atoms with Crippen molar-refractivity contribution in [3.05, 3.63) is 28.3 Å². The molecule has 0 heterocycles. The fraction of sp³-hybridized carbons (Fsp3) is 0.462. The third-order valence-corrected chi connectivity index (χ3v) is 3.66. The lowest BCUT2D eigenvalue weighted by molar-refractivity contribution is -0.384. The Morgan fingerprint density at radius 2 is 2.21 bits per heavy atom. The van der Waals surface area contributed by atoms with E-state index in [9.17, 15) is 20.0 Å². The van der Waals surface area contributed by atoms with E-state index >= 15 is 0 Å². The third kappa shape index (κ3) is 2.67. The van der Waals surface area contributed by atoms with Crippen LogP contribution in [0.5, 0.6) is 5.75 Å². The molecule has 1 amide bonds. The van der Waals surface area contributed by atoms with Crippen molar-refractivity contribution in [2.45, 2.75) is 26.2 Å². The summed E-state index contributed by atoms with van der Waals surface area (Å²) in [4.78, 5) is 22.4. The minimum atomic E-state index is -0.618. The smallest absolute Gasteiger partial charge is 0.296 e. The number of rotatable bonds is 3. The number of nitro groups is 1. The topological polar surface area (TPSA) is 92.5 Å². The molecule has 0 radical (unpaired) electrons. The Balaban J connectivity index is 2.23. The highest BCUT2D eigenvalue weighted by Crippen LogP contribution is 2.36. The van der Waals surface area contributed by atoms with Gasteiger partial charge in [0.25, 0.3) is 5.69 Å². The number of hydrogen-bond acceptors (Lipinski definition) is 4. The molecule has 19 heavy (non-hydrogen) atoms. The molecule has 1 aromatic carbocycles. The number of carbonyl (C=O) groups excluding carboxylic acids is 1. The van der Waals surface area contributed by atoms with Crippen LogP contribution in [-0.4, -0.2) is 15.9 Å². The van der Waals surface area contributed by atoms with Crippen molar-refractivity contribution < 1.29 is 14.8 Å². The Morgan fingerprint density at radius 1 is 1.47 bits per heavy atom. The number of aromatic hydroxyl groups is 1. The number of phenolic OH excluding ortho intramolecular Hbond substituents is 1.